The van der Waals surface area contributed by atoms with Crippen LogP contribution >= 0.6 is 0 Å². The van der Waals surface area contributed by atoms with Crippen LogP contribution in [0.2, 0.25) is 0 Å². The van der Waals surface area contributed by atoms with Crippen molar-refractivity contribution in [3.8, 4) is 0 Å². The van der Waals surface area contributed by atoms with E-state index in [0.29, 0.717) is 24.2 Å². The van der Waals surface area contributed by atoms with Crippen LogP contribution in [0.25, 0.3) is 0 Å². The van der Waals surface area contributed by atoms with Gasteiger partial charge >= 0.3 is 0 Å². The molecule has 8 heteroatoms. The van der Waals surface area contributed by atoms with Gasteiger partial charge in [-0.2, -0.15) is 4.31 Å². The van der Waals surface area contributed by atoms with Crippen LogP contribution in [0, 0.1) is 0 Å². The average molecular weight is 439 g/mol. The lowest BCUT2D eigenvalue weighted by Gasteiger charge is -2.39. The van der Waals surface area contributed by atoms with E-state index >= 15 is 0 Å². The molecule has 0 saturated carbocycles. The molecule has 4 rings (SSSR count). The predicted octanol–water partition coefficient (Wildman–Crippen LogP) is 3.05. The Morgan fingerprint density at radius 3 is 2.23 bits per heavy atom. The molecule has 1 atom stereocenters. The number of rotatable bonds is 5. The third kappa shape index (κ3) is 4.17. The van der Waals surface area contributed by atoms with E-state index in [1.54, 1.807) is 48.2 Å². The molecule has 1 fully saturated rings. The number of nitrogens with zero attached hydrogens (tertiary/aromatic N) is 2. The molecule has 2 heterocycles. The summed E-state index contributed by atoms with van der Waals surface area (Å²) in [4.78, 5) is 26.8. The molecule has 0 N–H and O–H groups in total. The topological polar surface area (TPSA) is 87.9 Å². The second kappa shape index (κ2) is 8.49. The second-order valence-corrected chi connectivity index (χ2v) is 9.30. The monoisotopic (exact) mass is 438 g/mol. The van der Waals surface area contributed by atoms with Crippen LogP contribution in [0.1, 0.15) is 33.4 Å². The normalized spacial score (nSPS) is 17.5. The Labute approximate surface area is 180 Å². The highest BCUT2D eigenvalue weighted by molar-refractivity contribution is 7.89. The van der Waals surface area contributed by atoms with Crippen molar-refractivity contribution in [3.05, 3.63) is 89.9 Å². The van der Waals surface area contributed by atoms with Gasteiger partial charge in [-0.3, -0.25) is 9.59 Å². The van der Waals surface area contributed by atoms with E-state index in [1.165, 1.54) is 34.8 Å². The lowest BCUT2D eigenvalue weighted by atomic mass is 10.1. The van der Waals surface area contributed by atoms with Gasteiger partial charge in [0.05, 0.1) is 11.2 Å². The first-order valence-corrected chi connectivity index (χ1v) is 11.4. The Bertz CT molecular complexity index is 1170. The minimum atomic E-state index is -3.76. The van der Waals surface area contributed by atoms with Crippen molar-refractivity contribution in [1.82, 2.24) is 9.21 Å². The maximum Gasteiger partial charge on any atom is 0.253 e. The molecule has 31 heavy (non-hydrogen) atoms. The predicted molar refractivity (Wildman–Crippen MR) is 114 cm³/mol. The molecule has 0 radical (unpaired) electrons. The number of benzene rings is 2. The summed E-state index contributed by atoms with van der Waals surface area (Å²) in [5.74, 6) is -0.218. The van der Waals surface area contributed by atoms with Gasteiger partial charge in [-0.05, 0) is 55.5 Å². The quantitative estimate of drug-likeness (QED) is 0.572. The zero-order valence-corrected chi connectivity index (χ0v) is 17.8. The highest BCUT2D eigenvalue weighted by atomic mass is 32.2. The summed E-state index contributed by atoms with van der Waals surface area (Å²) in [6.07, 6.45) is 1.41. The van der Waals surface area contributed by atoms with E-state index in [4.69, 9.17) is 4.42 Å². The number of hydrogen-bond donors (Lipinski definition) is 0. The lowest BCUT2D eigenvalue weighted by Crippen LogP contribution is -2.55. The minimum Gasteiger partial charge on any atom is -0.461 e. The van der Waals surface area contributed by atoms with Crippen LogP contribution in [-0.2, 0) is 10.0 Å². The van der Waals surface area contributed by atoms with Crippen LogP contribution in [-0.4, -0.2) is 55.0 Å². The molecule has 1 saturated heterocycles. The fourth-order valence-electron chi connectivity index (χ4n) is 3.71. The fraction of sp³-hybridized carbons (Fsp3) is 0.217. The minimum absolute atomic E-state index is 0.106. The molecule has 0 aliphatic carbocycles. The van der Waals surface area contributed by atoms with Gasteiger partial charge in [-0.25, -0.2) is 8.42 Å². The molecular formula is C23H22N2O5S. The Hall–Kier alpha value is -3.23. The summed E-state index contributed by atoms with van der Waals surface area (Å²) in [6.45, 7) is 2.61. The molecule has 160 valence electrons. The summed E-state index contributed by atoms with van der Waals surface area (Å²) >= 11 is 0. The molecule has 0 bridgehead atoms. The Balaban J connectivity index is 1.48. The Morgan fingerprint density at radius 1 is 0.903 bits per heavy atom. The van der Waals surface area contributed by atoms with Gasteiger partial charge in [0.25, 0.3) is 5.91 Å². The van der Waals surface area contributed by atoms with Crippen molar-refractivity contribution < 1.29 is 22.4 Å². The second-order valence-electron chi connectivity index (χ2n) is 7.41. The van der Waals surface area contributed by atoms with Crippen LogP contribution in [0.4, 0.5) is 0 Å². The van der Waals surface area contributed by atoms with Gasteiger partial charge in [-0.15, -0.1) is 0 Å². The van der Waals surface area contributed by atoms with Gasteiger partial charge < -0.3 is 9.32 Å². The molecule has 1 aromatic heterocycles. The summed E-state index contributed by atoms with van der Waals surface area (Å²) in [5, 5.41) is 0. The van der Waals surface area contributed by atoms with E-state index in [2.05, 4.69) is 0 Å². The van der Waals surface area contributed by atoms with Crippen molar-refractivity contribution >= 4 is 21.7 Å². The zero-order chi connectivity index (χ0) is 22.0. The third-order valence-electron chi connectivity index (χ3n) is 5.34. The maximum absolute atomic E-state index is 13.2. The molecule has 0 spiro atoms. The summed E-state index contributed by atoms with van der Waals surface area (Å²) in [5.41, 5.74) is 0.933. The van der Waals surface area contributed by atoms with E-state index in [1.807, 2.05) is 6.07 Å². The van der Waals surface area contributed by atoms with Gasteiger partial charge in [0.2, 0.25) is 15.8 Å². The standard InChI is InChI=1S/C23H22N2O5S/c1-17-16-24(23(27)19-6-3-2-4-7-19)13-14-25(17)31(28,29)20-11-9-18(10-12-20)22(26)21-8-5-15-30-21/h2-12,15,17H,13-14,16H2,1H3. The number of sulfonamides is 1. The molecule has 2 aromatic carbocycles. The van der Waals surface area contributed by atoms with Crippen LogP contribution in [0.5, 0.6) is 0 Å². The number of piperazine rings is 1. The van der Waals surface area contributed by atoms with Crippen molar-refractivity contribution in [2.75, 3.05) is 19.6 Å². The highest BCUT2D eigenvalue weighted by Gasteiger charge is 2.35. The summed E-state index contributed by atoms with van der Waals surface area (Å²) < 4.78 is 32.9. The van der Waals surface area contributed by atoms with Crippen LogP contribution in [0.3, 0.4) is 0 Å². The van der Waals surface area contributed by atoms with Gasteiger partial charge in [0.1, 0.15) is 0 Å². The molecule has 3 aromatic rings. The van der Waals surface area contributed by atoms with E-state index < -0.39 is 10.0 Å². The van der Waals surface area contributed by atoms with Gasteiger partial charge in [0, 0.05) is 36.8 Å². The first-order chi connectivity index (χ1) is 14.9. The molecular weight excluding hydrogens is 416 g/mol. The lowest BCUT2D eigenvalue weighted by molar-refractivity contribution is 0.0642. The van der Waals surface area contributed by atoms with Crippen molar-refractivity contribution in [1.29, 1.82) is 0 Å². The van der Waals surface area contributed by atoms with Crippen molar-refractivity contribution in [2.24, 2.45) is 0 Å². The molecule has 1 aliphatic heterocycles. The first-order valence-electron chi connectivity index (χ1n) is 9.92. The van der Waals surface area contributed by atoms with Crippen molar-refractivity contribution in [2.45, 2.75) is 17.9 Å². The number of carbonyl (C=O) groups excluding carboxylic acids is 2. The van der Waals surface area contributed by atoms with Gasteiger partial charge in [-0.1, -0.05) is 18.2 Å². The molecule has 1 unspecified atom stereocenters. The molecule has 1 aliphatic rings. The number of ketones is 1. The summed E-state index contributed by atoms with van der Waals surface area (Å²) in [7, 11) is -3.76. The van der Waals surface area contributed by atoms with E-state index in [-0.39, 0.29) is 34.9 Å². The number of carbonyl (C=O) groups is 2. The summed E-state index contributed by atoms with van der Waals surface area (Å²) in [6, 6.07) is 17.6. The third-order valence-corrected chi connectivity index (χ3v) is 7.37. The van der Waals surface area contributed by atoms with Crippen LogP contribution < -0.4 is 0 Å². The average Bonchev–Trinajstić information content (AvgIpc) is 3.33. The molecule has 1 amide bonds. The first kappa shape index (κ1) is 21.0. The number of furan rings is 1. The number of hydrogen-bond acceptors (Lipinski definition) is 5. The van der Waals surface area contributed by atoms with E-state index in [0.717, 1.165) is 0 Å². The fourth-order valence-corrected chi connectivity index (χ4v) is 5.32. The van der Waals surface area contributed by atoms with Crippen LogP contribution in [0.15, 0.2) is 82.3 Å². The Kier molecular flexibility index (Phi) is 5.75. The Morgan fingerprint density at radius 2 is 1.61 bits per heavy atom. The SMILES string of the molecule is CC1CN(C(=O)c2ccccc2)CCN1S(=O)(=O)c1ccc(C(=O)c2ccco2)cc1. The van der Waals surface area contributed by atoms with Gasteiger partial charge in [0.15, 0.2) is 5.76 Å². The number of amides is 1. The smallest absolute Gasteiger partial charge is 0.253 e. The maximum atomic E-state index is 13.2. The highest BCUT2D eigenvalue weighted by Crippen LogP contribution is 2.23. The largest absolute Gasteiger partial charge is 0.461 e. The molecule has 7 nitrogen and oxygen atoms in total. The zero-order valence-electron chi connectivity index (χ0n) is 17.0. The van der Waals surface area contributed by atoms with E-state index in [9.17, 15) is 18.0 Å². The van der Waals surface area contributed by atoms with Crippen molar-refractivity contribution in [3.63, 3.8) is 0 Å².